The predicted octanol–water partition coefficient (Wildman–Crippen LogP) is 3.09. The van der Waals surface area contributed by atoms with Gasteiger partial charge in [-0.25, -0.2) is 4.68 Å². The average molecular weight is 235 g/mol. The maximum Gasteiger partial charge on any atom is 0.0991 e. The zero-order valence-electron chi connectivity index (χ0n) is 10.2. The van der Waals surface area contributed by atoms with Gasteiger partial charge < -0.3 is 0 Å². The molecule has 0 aliphatic heterocycles. The molecular formula is C15H13N3. The van der Waals surface area contributed by atoms with E-state index in [2.05, 4.69) is 30.4 Å². The van der Waals surface area contributed by atoms with Gasteiger partial charge >= 0.3 is 0 Å². The van der Waals surface area contributed by atoms with Gasteiger partial charge in [-0.1, -0.05) is 6.08 Å². The topological polar surface area (TPSA) is 41.6 Å². The molecule has 3 nitrogen and oxygen atoms in total. The molecule has 3 rings (SSSR count). The lowest BCUT2D eigenvalue weighted by atomic mass is 9.99. The fraction of sp³-hybridized carbons (Fsp3) is 0.200. The van der Waals surface area contributed by atoms with E-state index in [9.17, 15) is 0 Å². The highest BCUT2D eigenvalue weighted by molar-refractivity contribution is 5.67. The second kappa shape index (κ2) is 4.15. The van der Waals surface area contributed by atoms with Gasteiger partial charge in [-0.2, -0.15) is 10.4 Å². The zero-order valence-corrected chi connectivity index (χ0v) is 10.2. The first-order chi connectivity index (χ1) is 8.78. The number of benzene rings is 1. The lowest BCUT2D eigenvalue weighted by Crippen LogP contribution is -1.97. The van der Waals surface area contributed by atoms with Crippen LogP contribution in [0.4, 0.5) is 0 Å². The van der Waals surface area contributed by atoms with Gasteiger partial charge in [-0.15, -0.1) is 0 Å². The third-order valence-electron chi connectivity index (χ3n) is 3.31. The quantitative estimate of drug-likeness (QED) is 0.762. The van der Waals surface area contributed by atoms with Gasteiger partial charge in [0.15, 0.2) is 0 Å². The first-order valence-electron chi connectivity index (χ1n) is 6.04. The van der Waals surface area contributed by atoms with E-state index in [0.717, 1.165) is 18.5 Å². The van der Waals surface area contributed by atoms with Crippen molar-refractivity contribution in [3.8, 4) is 11.8 Å². The summed E-state index contributed by atoms with van der Waals surface area (Å²) in [4.78, 5) is 0. The largest absolute Gasteiger partial charge is 0.240 e. The van der Waals surface area contributed by atoms with Crippen LogP contribution in [0.5, 0.6) is 0 Å². The van der Waals surface area contributed by atoms with E-state index in [1.807, 2.05) is 28.9 Å². The Morgan fingerprint density at radius 1 is 1.28 bits per heavy atom. The lowest BCUT2D eigenvalue weighted by molar-refractivity contribution is 0.822. The van der Waals surface area contributed by atoms with Gasteiger partial charge in [0.25, 0.3) is 0 Å². The Bertz CT molecular complexity index is 654. The van der Waals surface area contributed by atoms with Gasteiger partial charge in [-0.05, 0) is 49.6 Å². The predicted molar refractivity (Wildman–Crippen MR) is 70.3 cm³/mol. The van der Waals surface area contributed by atoms with Crippen molar-refractivity contribution in [2.45, 2.75) is 19.8 Å². The van der Waals surface area contributed by atoms with Crippen LogP contribution < -0.4 is 0 Å². The van der Waals surface area contributed by atoms with Crippen LogP contribution in [0.15, 0.2) is 36.5 Å². The number of hydrogen-bond acceptors (Lipinski definition) is 2. The highest BCUT2D eigenvalue weighted by Gasteiger charge is 2.14. The molecule has 2 aromatic rings. The molecule has 0 saturated carbocycles. The standard InChI is InChI=1S/C15H13N3/c1-11-3-2-4-15-14(11)10-18(17-15)13-7-5-12(9-16)6-8-13/h3,5-8,10H,2,4H2,1H3. The van der Waals surface area contributed by atoms with Crippen molar-refractivity contribution < 1.29 is 0 Å². The summed E-state index contributed by atoms with van der Waals surface area (Å²) < 4.78 is 1.90. The molecule has 0 atom stereocenters. The van der Waals surface area contributed by atoms with E-state index in [0.29, 0.717) is 5.56 Å². The van der Waals surface area contributed by atoms with E-state index in [-0.39, 0.29) is 0 Å². The SMILES string of the molecule is CC1=CCCc2nn(-c3ccc(C#N)cc3)cc21. The minimum absolute atomic E-state index is 0.673. The highest BCUT2D eigenvalue weighted by atomic mass is 15.3. The van der Waals surface area contributed by atoms with Gasteiger partial charge in [0.1, 0.15) is 0 Å². The fourth-order valence-corrected chi connectivity index (χ4v) is 2.28. The minimum atomic E-state index is 0.673. The number of rotatable bonds is 1. The maximum absolute atomic E-state index is 8.79. The molecule has 1 aliphatic rings. The van der Waals surface area contributed by atoms with E-state index >= 15 is 0 Å². The Morgan fingerprint density at radius 2 is 2.06 bits per heavy atom. The molecule has 18 heavy (non-hydrogen) atoms. The molecule has 1 aliphatic carbocycles. The van der Waals surface area contributed by atoms with Gasteiger partial charge in [0.05, 0.1) is 23.0 Å². The van der Waals surface area contributed by atoms with Crippen LogP contribution >= 0.6 is 0 Å². The highest BCUT2D eigenvalue weighted by Crippen LogP contribution is 2.26. The molecule has 0 amide bonds. The van der Waals surface area contributed by atoms with E-state index in [1.165, 1.54) is 16.8 Å². The van der Waals surface area contributed by atoms with Gasteiger partial charge in [-0.3, -0.25) is 0 Å². The summed E-state index contributed by atoms with van der Waals surface area (Å²) in [7, 11) is 0. The molecule has 0 bridgehead atoms. The molecule has 0 radical (unpaired) electrons. The smallest absolute Gasteiger partial charge is 0.0991 e. The number of hydrogen-bond donors (Lipinski definition) is 0. The number of nitriles is 1. The number of fused-ring (bicyclic) bond motifs is 1. The van der Waals surface area contributed by atoms with Crippen LogP contribution in [0.1, 0.15) is 30.2 Å². The molecule has 1 aromatic heterocycles. The normalized spacial score (nSPS) is 13.7. The van der Waals surface area contributed by atoms with Crippen LogP contribution in [0.3, 0.4) is 0 Å². The summed E-state index contributed by atoms with van der Waals surface area (Å²) in [5.41, 5.74) is 5.38. The fourth-order valence-electron chi connectivity index (χ4n) is 2.28. The van der Waals surface area contributed by atoms with Crippen LogP contribution in [0.25, 0.3) is 11.3 Å². The number of allylic oxidation sites excluding steroid dienone is 2. The number of nitrogens with zero attached hydrogens (tertiary/aromatic N) is 3. The van der Waals surface area contributed by atoms with Crippen molar-refractivity contribution in [1.82, 2.24) is 9.78 Å². The first kappa shape index (κ1) is 10.8. The van der Waals surface area contributed by atoms with Crippen molar-refractivity contribution >= 4 is 5.57 Å². The molecule has 0 fully saturated rings. The van der Waals surface area contributed by atoms with Crippen LogP contribution in [0.2, 0.25) is 0 Å². The average Bonchev–Trinajstić information content (AvgIpc) is 2.84. The van der Waals surface area contributed by atoms with Crippen molar-refractivity contribution in [2.75, 3.05) is 0 Å². The van der Waals surface area contributed by atoms with Crippen LogP contribution in [-0.2, 0) is 6.42 Å². The Balaban J connectivity index is 2.03. The third kappa shape index (κ3) is 1.72. The molecule has 1 aromatic carbocycles. The van der Waals surface area contributed by atoms with Crippen molar-refractivity contribution in [1.29, 1.82) is 5.26 Å². The monoisotopic (exact) mass is 235 g/mol. The zero-order chi connectivity index (χ0) is 12.5. The van der Waals surface area contributed by atoms with Crippen molar-refractivity contribution in [3.63, 3.8) is 0 Å². The molecule has 0 spiro atoms. The maximum atomic E-state index is 8.79. The Morgan fingerprint density at radius 3 is 2.72 bits per heavy atom. The van der Waals surface area contributed by atoms with Crippen LogP contribution in [-0.4, -0.2) is 9.78 Å². The number of aryl methyl sites for hydroxylation is 1. The van der Waals surface area contributed by atoms with Gasteiger partial charge in [0, 0.05) is 11.8 Å². The first-order valence-corrected chi connectivity index (χ1v) is 6.04. The molecule has 0 unspecified atom stereocenters. The Labute approximate surface area is 106 Å². The Hall–Kier alpha value is -2.34. The summed E-state index contributed by atoms with van der Waals surface area (Å²) in [5.74, 6) is 0. The summed E-state index contributed by atoms with van der Waals surface area (Å²) >= 11 is 0. The summed E-state index contributed by atoms with van der Waals surface area (Å²) in [6, 6.07) is 9.61. The van der Waals surface area contributed by atoms with E-state index < -0.39 is 0 Å². The summed E-state index contributed by atoms with van der Waals surface area (Å²) in [5, 5.41) is 13.4. The second-order valence-corrected chi connectivity index (χ2v) is 4.52. The van der Waals surface area contributed by atoms with Crippen LogP contribution in [0, 0.1) is 11.3 Å². The Kier molecular flexibility index (Phi) is 2.49. The molecule has 0 saturated heterocycles. The molecule has 88 valence electrons. The van der Waals surface area contributed by atoms with E-state index in [4.69, 9.17) is 5.26 Å². The van der Waals surface area contributed by atoms with E-state index in [1.54, 1.807) is 0 Å². The third-order valence-corrected chi connectivity index (χ3v) is 3.31. The molecule has 0 N–H and O–H groups in total. The van der Waals surface area contributed by atoms with Crippen molar-refractivity contribution in [3.05, 3.63) is 53.4 Å². The summed E-state index contributed by atoms with van der Waals surface area (Å²) in [6.45, 7) is 2.13. The minimum Gasteiger partial charge on any atom is -0.240 e. The second-order valence-electron chi connectivity index (χ2n) is 4.52. The number of aromatic nitrogens is 2. The summed E-state index contributed by atoms with van der Waals surface area (Å²) in [6.07, 6.45) is 6.41. The molecule has 3 heteroatoms. The lowest BCUT2D eigenvalue weighted by Gasteiger charge is -2.06. The molecular weight excluding hydrogens is 222 g/mol. The van der Waals surface area contributed by atoms with Crippen molar-refractivity contribution in [2.24, 2.45) is 0 Å². The molecule has 1 heterocycles. The van der Waals surface area contributed by atoms with Gasteiger partial charge in [0.2, 0.25) is 0 Å².